The minimum absolute atomic E-state index is 0.104. The largest absolute Gasteiger partial charge is 0.418 e. The molecule has 0 atom stereocenters. The molecule has 7 heteroatoms. The highest BCUT2D eigenvalue weighted by molar-refractivity contribution is 5.71. The lowest BCUT2D eigenvalue weighted by atomic mass is 9.99. The van der Waals surface area contributed by atoms with Crippen molar-refractivity contribution in [3.8, 4) is 11.1 Å². The van der Waals surface area contributed by atoms with Crippen LogP contribution in [0.4, 0.5) is 32.0 Å². The topological polar surface area (TPSA) is 3.24 Å². The van der Waals surface area contributed by atoms with E-state index in [-0.39, 0.29) is 16.8 Å². The number of rotatable bonds is 2. The van der Waals surface area contributed by atoms with E-state index in [1.54, 1.807) is 0 Å². The molecule has 0 heterocycles. The molecule has 0 unspecified atom stereocenters. The number of anilines is 1. The van der Waals surface area contributed by atoms with Gasteiger partial charge in [-0.1, -0.05) is 18.2 Å². The first-order chi connectivity index (χ1) is 10.5. The van der Waals surface area contributed by atoms with E-state index in [0.29, 0.717) is 0 Å². The summed E-state index contributed by atoms with van der Waals surface area (Å²) in [6.45, 7) is 0. The Morgan fingerprint density at radius 2 is 1.35 bits per heavy atom. The molecule has 0 saturated heterocycles. The van der Waals surface area contributed by atoms with Crippen molar-refractivity contribution in [2.75, 3.05) is 19.0 Å². The van der Waals surface area contributed by atoms with Crippen LogP contribution >= 0.6 is 0 Å². The van der Waals surface area contributed by atoms with E-state index < -0.39 is 23.5 Å². The Kier molecular flexibility index (Phi) is 4.32. The van der Waals surface area contributed by atoms with Gasteiger partial charge in [-0.15, -0.1) is 0 Å². The number of hydrogen-bond acceptors (Lipinski definition) is 1. The summed E-state index contributed by atoms with van der Waals surface area (Å²) in [5.41, 5.74) is -1.30. The summed E-state index contributed by atoms with van der Waals surface area (Å²) in [5, 5.41) is 0. The van der Waals surface area contributed by atoms with Gasteiger partial charge in [-0.2, -0.15) is 26.3 Å². The van der Waals surface area contributed by atoms with Crippen LogP contribution in [0.3, 0.4) is 0 Å². The zero-order valence-corrected chi connectivity index (χ0v) is 12.3. The first-order valence-electron chi connectivity index (χ1n) is 6.56. The van der Waals surface area contributed by atoms with Crippen LogP contribution in [0, 0.1) is 0 Å². The van der Waals surface area contributed by atoms with E-state index in [1.165, 1.54) is 43.3 Å². The second-order valence-corrected chi connectivity index (χ2v) is 5.20. The Balaban J connectivity index is 2.56. The summed E-state index contributed by atoms with van der Waals surface area (Å²) >= 11 is 0. The van der Waals surface area contributed by atoms with Gasteiger partial charge < -0.3 is 4.90 Å². The first kappa shape index (κ1) is 17.2. The van der Waals surface area contributed by atoms with E-state index in [4.69, 9.17) is 0 Å². The van der Waals surface area contributed by atoms with Gasteiger partial charge in [-0.05, 0) is 35.4 Å². The highest BCUT2D eigenvalue weighted by Gasteiger charge is 2.34. The molecule has 2 rings (SSSR count). The second-order valence-electron chi connectivity index (χ2n) is 5.20. The smallest absolute Gasteiger partial charge is 0.377 e. The maximum absolute atomic E-state index is 13.0. The Bertz CT molecular complexity index is 700. The highest BCUT2D eigenvalue weighted by atomic mass is 19.4. The molecule has 1 nitrogen and oxygen atoms in total. The summed E-state index contributed by atoms with van der Waals surface area (Å²) < 4.78 is 77.2. The van der Waals surface area contributed by atoms with Crippen molar-refractivity contribution in [3.05, 3.63) is 53.6 Å². The van der Waals surface area contributed by atoms with Gasteiger partial charge in [0.25, 0.3) is 0 Å². The maximum atomic E-state index is 13.0. The minimum atomic E-state index is -4.54. The maximum Gasteiger partial charge on any atom is 0.418 e. The molecular formula is C16H13F6N. The molecule has 0 aliphatic rings. The molecule has 0 aliphatic heterocycles. The van der Waals surface area contributed by atoms with Crippen LogP contribution in [0.15, 0.2) is 42.5 Å². The lowest BCUT2D eigenvalue weighted by Gasteiger charge is -2.20. The van der Waals surface area contributed by atoms with Crippen molar-refractivity contribution >= 4 is 5.69 Å². The molecule has 0 saturated carbocycles. The van der Waals surface area contributed by atoms with Crippen molar-refractivity contribution in [1.82, 2.24) is 0 Å². The zero-order valence-electron chi connectivity index (χ0n) is 12.3. The Morgan fingerprint density at radius 3 is 1.87 bits per heavy atom. The van der Waals surface area contributed by atoms with E-state index in [0.717, 1.165) is 18.2 Å². The third-order valence-electron chi connectivity index (χ3n) is 3.31. The molecule has 0 N–H and O–H groups in total. The van der Waals surface area contributed by atoms with E-state index in [1.807, 2.05) is 0 Å². The molecule has 0 radical (unpaired) electrons. The van der Waals surface area contributed by atoms with Gasteiger partial charge >= 0.3 is 12.4 Å². The van der Waals surface area contributed by atoms with Gasteiger partial charge in [0, 0.05) is 19.8 Å². The molecule has 2 aromatic rings. The molecule has 0 aliphatic carbocycles. The molecule has 0 aromatic heterocycles. The van der Waals surface area contributed by atoms with Crippen molar-refractivity contribution in [2.24, 2.45) is 0 Å². The highest BCUT2D eigenvalue weighted by Crippen LogP contribution is 2.39. The summed E-state index contributed by atoms with van der Waals surface area (Å²) in [4.78, 5) is 1.28. The summed E-state index contributed by atoms with van der Waals surface area (Å²) in [7, 11) is 2.89. The van der Waals surface area contributed by atoms with Gasteiger partial charge in [0.15, 0.2) is 0 Å². The van der Waals surface area contributed by atoms with Crippen LogP contribution in [0.5, 0.6) is 0 Å². The number of alkyl halides is 6. The predicted octanol–water partition coefficient (Wildman–Crippen LogP) is 5.46. The van der Waals surface area contributed by atoms with Crippen LogP contribution < -0.4 is 4.90 Å². The lowest BCUT2D eigenvalue weighted by molar-refractivity contribution is -0.138. The fourth-order valence-electron chi connectivity index (χ4n) is 2.20. The van der Waals surface area contributed by atoms with Gasteiger partial charge in [0.1, 0.15) is 0 Å². The standard InChI is InChI=1S/C16H13F6N/c1-23(2)14-9-11(6-7-13(14)16(20,21)22)10-4-3-5-12(8-10)15(17,18)19/h3-9H,1-2H3. The third-order valence-corrected chi connectivity index (χ3v) is 3.31. The van der Waals surface area contributed by atoms with E-state index in [9.17, 15) is 26.3 Å². The SMILES string of the molecule is CN(C)c1cc(-c2cccc(C(F)(F)F)c2)ccc1C(F)(F)F. The molecule has 124 valence electrons. The Labute approximate surface area is 129 Å². The van der Waals surface area contributed by atoms with Gasteiger partial charge in [0.05, 0.1) is 11.1 Å². The Morgan fingerprint density at radius 1 is 0.739 bits per heavy atom. The van der Waals surface area contributed by atoms with Gasteiger partial charge in [-0.25, -0.2) is 0 Å². The monoisotopic (exact) mass is 333 g/mol. The molecular weight excluding hydrogens is 320 g/mol. The number of benzene rings is 2. The van der Waals surface area contributed by atoms with Crippen molar-refractivity contribution < 1.29 is 26.3 Å². The fourth-order valence-corrected chi connectivity index (χ4v) is 2.20. The molecule has 2 aromatic carbocycles. The van der Waals surface area contributed by atoms with E-state index >= 15 is 0 Å². The molecule has 0 spiro atoms. The van der Waals surface area contributed by atoms with Crippen molar-refractivity contribution in [3.63, 3.8) is 0 Å². The average molecular weight is 333 g/mol. The third kappa shape index (κ3) is 3.78. The zero-order chi connectivity index (χ0) is 17.4. The van der Waals surface area contributed by atoms with Gasteiger partial charge in [0.2, 0.25) is 0 Å². The average Bonchev–Trinajstić information content (AvgIpc) is 2.45. The van der Waals surface area contributed by atoms with Gasteiger partial charge in [-0.3, -0.25) is 0 Å². The molecule has 0 amide bonds. The van der Waals surface area contributed by atoms with E-state index in [2.05, 4.69) is 0 Å². The van der Waals surface area contributed by atoms with Crippen molar-refractivity contribution in [1.29, 1.82) is 0 Å². The normalized spacial score (nSPS) is 12.3. The number of nitrogens with zero attached hydrogens (tertiary/aromatic N) is 1. The predicted molar refractivity (Wildman–Crippen MR) is 76.2 cm³/mol. The summed E-state index contributed by atoms with van der Waals surface area (Å²) in [6.07, 6.45) is -9.04. The van der Waals surface area contributed by atoms with Crippen LogP contribution in [0.2, 0.25) is 0 Å². The Hall–Kier alpha value is -2.18. The van der Waals surface area contributed by atoms with Crippen LogP contribution in [0.25, 0.3) is 11.1 Å². The molecule has 0 bridgehead atoms. The number of hydrogen-bond donors (Lipinski definition) is 0. The summed E-state index contributed by atoms with van der Waals surface area (Å²) in [5.74, 6) is 0. The van der Waals surface area contributed by atoms with Crippen LogP contribution in [0.1, 0.15) is 11.1 Å². The second kappa shape index (κ2) is 5.79. The fraction of sp³-hybridized carbons (Fsp3) is 0.250. The van der Waals surface area contributed by atoms with Crippen molar-refractivity contribution in [2.45, 2.75) is 12.4 Å². The van der Waals surface area contributed by atoms with Crippen LogP contribution in [-0.2, 0) is 12.4 Å². The molecule has 0 fully saturated rings. The molecule has 23 heavy (non-hydrogen) atoms. The minimum Gasteiger partial charge on any atom is -0.377 e. The first-order valence-corrected chi connectivity index (χ1v) is 6.56. The summed E-state index contributed by atoms with van der Waals surface area (Å²) in [6, 6.07) is 7.78. The lowest BCUT2D eigenvalue weighted by Crippen LogP contribution is -2.16. The quantitative estimate of drug-likeness (QED) is 0.660. The van der Waals surface area contributed by atoms with Crippen LogP contribution in [-0.4, -0.2) is 14.1 Å². The number of halogens is 6.